The van der Waals surface area contributed by atoms with Crippen molar-refractivity contribution >= 4 is 28.9 Å². The van der Waals surface area contributed by atoms with Gasteiger partial charge in [0.2, 0.25) is 11.9 Å². The molecule has 2 N–H and O–H groups in total. The van der Waals surface area contributed by atoms with E-state index in [1.807, 2.05) is 6.92 Å². The number of imidazole rings is 1. The quantitative estimate of drug-likeness (QED) is 0.704. The maximum absolute atomic E-state index is 12.1. The molecule has 2 aromatic heterocycles. The lowest BCUT2D eigenvalue weighted by Crippen LogP contribution is -2.27. The molecule has 3 heterocycles. The van der Waals surface area contributed by atoms with Crippen LogP contribution in [0.3, 0.4) is 0 Å². The van der Waals surface area contributed by atoms with Crippen molar-refractivity contribution in [3.05, 3.63) is 5.69 Å². The number of nitrogens with zero attached hydrogens (tertiary/aromatic N) is 5. The molecule has 1 fully saturated rings. The highest BCUT2D eigenvalue weighted by Gasteiger charge is 2.39. The summed E-state index contributed by atoms with van der Waals surface area (Å²) in [6, 6.07) is -0.628. The average Bonchev–Trinajstić information content (AvgIpc) is 2.90. The minimum atomic E-state index is -0.628. The van der Waals surface area contributed by atoms with Gasteiger partial charge in [-0.2, -0.15) is 5.10 Å². The highest BCUT2D eigenvalue weighted by Crippen LogP contribution is 2.30. The fraction of sp³-hybridized carbons (Fsp3) is 0.455. The van der Waals surface area contributed by atoms with Crippen LogP contribution >= 0.6 is 0 Å². The second kappa shape index (κ2) is 3.56. The zero-order valence-electron chi connectivity index (χ0n) is 10.9. The van der Waals surface area contributed by atoms with Crippen LogP contribution < -0.4 is 5.73 Å². The molecular formula is C11H14N6O2. The van der Waals surface area contributed by atoms with Crippen LogP contribution in [0, 0.1) is 6.92 Å². The number of aromatic nitrogens is 4. The largest absolute Gasteiger partial charge is 0.369 e. The molecule has 1 atom stereocenters. The third kappa shape index (κ3) is 1.39. The van der Waals surface area contributed by atoms with Crippen molar-refractivity contribution in [2.45, 2.75) is 19.4 Å². The van der Waals surface area contributed by atoms with Gasteiger partial charge >= 0.3 is 0 Å². The second-order valence-corrected chi connectivity index (χ2v) is 4.73. The second-order valence-electron chi connectivity index (χ2n) is 4.73. The number of nitrogen functional groups attached to an aromatic ring is 1. The van der Waals surface area contributed by atoms with Crippen LogP contribution in [0.4, 0.5) is 5.95 Å². The van der Waals surface area contributed by atoms with Gasteiger partial charge in [0.05, 0.1) is 12.1 Å². The van der Waals surface area contributed by atoms with Crippen LogP contribution in [-0.4, -0.2) is 43.1 Å². The highest BCUT2D eigenvalue weighted by atomic mass is 16.2. The number of hydrogen-bond donors (Lipinski definition) is 1. The van der Waals surface area contributed by atoms with E-state index in [1.54, 1.807) is 16.3 Å². The van der Waals surface area contributed by atoms with E-state index >= 15 is 0 Å². The maximum Gasteiger partial charge on any atom is 0.252 e. The monoisotopic (exact) mass is 262 g/mol. The minimum Gasteiger partial charge on any atom is -0.369 e. The van der Waals surface area contributed by atoms with Crippen LogP contribution in [0.2, 0.25) is 0 Å². The van der Waals surface area contributed by atoms with E-state index in [4.69, 9.17) is 5.73 Å². The Kier molecular flexibility index (Phi) is 2.19. The summed E-state index contributed by atoms with van der Waals surface area (Å²) in [5.41, 5.74) is 7.97. The number of amides is 2. The zero-order chi connectivity index (χ0) is 13.9. The fourth-order valence-corrected chi connectivity index (χ4v) is 2.56. The third-order valence-electron chi connectivity index (χ3n) is 3.53. The molecule has 0 aromatic carbocycles. The van der Waals surface area contributed by atoms with Gasteiger partial charge in [0.1, 0.15) is 11.6 Å². The van der Waals surface area contributed by atoms with Crippen molar-refractivity contribution in [2.75, 3.05) is 12.8 Å². The SMILES string of the molecule is Cc1nn(C)c2c1nc(N)n2C1CC(=O)N(C)C1=O. The van der Waals surface area contributed by atoms with Crippen LogP contribution in [-0.2, 0) is 16.6 Å². The van der Waals surface area contributed by atoms with E-state index in [-0.39, 0.29) is 24.2 Å². The number of hydrogen-bond acceptors (Lipinski definition) is 5. The lowest BCUT2D eigenvalue weighted by molar-refractivity contribution is -0.137. The molecule has 0 radical (unpaired) electrons. The number of anilines is 1. The van der Waals surface area contributed by atoms with Crippen LogP contribution in [0.25, 0.3) is 11.2 Å². The summed E-state index contributed by atoms with van der Waals surface area (Å²) in [5.74, 6) is -0.252. The summed E-state index contributed by atoms with van der Waals surface area (Å²) in [7, 11) is 3.24. The minimum absolute atomic E-state index is 0.106. The predicted octanol–water partition coefficient (Wildman–Crippen LogP) is -0.410. The van der Waals surface area contributed by atoms with Crippen LogP contribution in [0.5, 0.6) is 0 Å². The number of imide groups is 1. The first-order valence-corrected chi connectivity index (χ1v) is 5.89. The Morgan fingerprint density at radius 3 is 2.58 bits per heavy atom. The molecule has 1 saturated heterocycles. The van der Waals surface area contributed by atoms with E-state index in [2.05, 4.69) is 10.1 Å². The van der Waals surface area contributed by atoms with Crippen molar-refractivity contribution in [2.24, 2.45) is 7.05 Å². The number of likely N-dealkylation sites (tertiary alicyclic amines) is 1. The number of carbonyl (C=O) groups excluding carboxylic acids is 2. The van der Waals surface area contributed by atoms with Gasteiger partial charge in [-0.3, -0.25) is 23.7 Å². The van der Waals surface area contributed by atoms with Gasteiger partial charge in [0, 0.05) is 14.1 Å². The highest BCUT2D eigenvalue weighted by molar-refractivity contribution is 6.05. The Bertz CT molecular complexity index is 712. The molecule has 1 aliphatic heterocycles. The molecule has 2 amide bonds. The number of carbonyl (C=O) groups is 2. The molecule has 19 heavy (non-hydrogen) atoms. The van der Waals surface area contributed by atoms with Crippen LogP contribution in [0.1, 0.15) is 18.2 Å². The van der Waals surface area contributed by atoms with Gasteiger partial charge < -0.3 is 5.73 Å². The normalized spacial score (nSPS) is 19.9. The van der Waals surface area contributed by atoms with Gasteiger partial charge in [0.25, 0.3) is 5.91 Å². The lowest BCUT2D eigenvalue weighted by atomic mass is 10.2. The van der Waals surface area contributed by atoms with Crippen molar-refractivity contribution < 1.29 is 9.59 Å². The summed E-state index contributed by atoms with van der Waals surface area (Å²) < 4.78 is 3.23. The van der Waals surface area contributed by atoms with Gasteiger partial charge in [-0.15, -0.1) is 0 Å². The van der Waals surface area contributed by atoms with Gasteiger partial charge in [-0.25, -0.2) is 4.98 Å². The number of rotatable bonds is 1. The van der Waals surface area contributed by atoms with Crippen LogP contribution in [0.15, 0.2) is 0 Å². The lowest BCUT2D eigenvalue weighted by Gasteiger charge is -2.12. The van der Waals surface area contributed by atoms with E-state index in [1.165, 1.54) is 7.05 Å². The first kappa shape index (κ1) is 11.7. The van der Waals surface area contributed by atoms with Gasteiger partial charge in [-0.1, -0.05) is 0 Å². The molecule has 1 unspecified atom stereocenters. The summed E-state index contributed by atoms with van der Waals surface area (Å²) in [6.45, 7) is 1.83. The van der Waals surface area contributed by atoms with Gasteiger partial charge in [0.15, 0.2) is 5.65 Å². The topological polar surface area (TPSA) is 99.0 Å². The number of nitrogens with two attached hydrogens (primary N) is 1. The number of fused-ring (bicyclic) bond motifs is 1. The molecule has 0 spiro atoms. The van der Waals surface area contributed by atoms with Crippen molar-refractivity contribution in [3.8, 4) is 0 Å². The Balaban J connectivity index is 2.23. The summed E-state index contributed by atoms with van der Waals surface area (Å²) in [6.07, 6.45) is 0.106. The van der Waals surface area contributed by atoms with E-state index in [0.717, 1.165) is 10.6 Å². The molecule has 0 saturated carbocycles. The summed E-state index contributed by atoms with van der Waals surface area (Å²) >= 11 is 0. The number of likely N-dealkylation sites (N-methyl/N-ethyl adjacent to an activating group) is 1. The van der Waals surface area contributed by atoms with Gasteiger partial charge in [-0.05, 0) is 6.92 Å². The molecule has 100 valence electrons. The molecule has 3 rings (SSSR count). The Labute approximate surface area is 108 Å². The van der Waals surface area contributed by atoms with Crippen molar-refractivity contribution in [1.29, 1.82) is 0 Å². The first-order chi connectivity index (χ1) is 8.91. The first-order valence-electron chi connectivity index (χ1n) is 5.89. The standard InChI is InChI=1S/C11H14N6O2/c1-5-8-9(16(3)14-5)17(11(12)13-8)6-4-7(18)15(2)10(6)19/h6H,4H2,1-3H3,(H2,12,13). The number of aryl methyl sites for hydroxylation is 2. The third-order valence-corrected chi connectivity index (χ3v) is 3.53. The molecule has 8 heteroatoms. The maximum atomic E-state index is 12.1. The molecule has 0 aliphatic carbocycles. The molecule has 2 aromatic rings. The molecule has 1 aliphatic rings. The zero-order valence-corrected chi connectivity index (χ0v) is 10.9. The van der Waals surface area contributed by atoms with E-state index in [9.17, 15) is 9.59 Å². The average molecular weight is 262 g/mol. The summed E-state index contributed by atoms with van der Waals surface area (Å²) in [5, 5.41) is 4.25. The molecular weight excluding hydrogens is 248 g/mol. The Hall–Kier alpha value is -2.38. The van der Waals surface area contributed by atoms with E-state index in [0.29, 0.717) is 11.2 Å². The van der Waals surface area contributed by atoms with Crippen molar-refractivity contribution in [3.63, 3.8) is 0 Å². The fourth-order valence-electron chi connectivity index (χ4n) is 2.56. The Morgan fingerprint density at radius 2 is 2.00 bits per heavy atom. The predicted molar refractivity (Wildman–Crippen MR) is 67.1 cm³/mol. The van der Waals surface area contributed by atoms with Crippen molar-refractivity contribution in [1.82, 2.24) is 24.2 Å². The molecule has 8 nitrogen and oxygen atoms in total. The summed E-state index contributed by atoms with van der Waals surface area (Å²) in [4.78, 5) is 29.1. The smallest absolute Gasteiger partial charge is 0.252 e. The van der Waals surface area contributed by atoms with E-state index < -0.39 is 6.04 Å². The molecule has 0 bridgehead atoms. The Morgan fingerprint density at radius 1 is 1.32 bits per heavy atom.